The Morgan fingerprint density at radius 1 is 1.20 bits per heavy atom. The number of aromatic nitrogens is 2. The van der Waals surface area contributed by atoms with Crippen molar-refractivity contribution < 1.29 is 9.84 Å². The van der Waals surface area contributed by atoms with Gasteiger partial charge in [0.05, 0.1) is 31.9 Å². The first kappa shape index (κ1) is 22.3. The summed E-state index contributed by atoms with van der Waals surface area (Å²) in [7, 11) is 0. The highest BCUT2D eigenvalue weighted by Crippen LogP contribution is 2.12. The monoisotopic (exact) mass is 414 g/mol. The molecule has 0 amide bonds. The topological polar surface area (TPSA) is 86.9 Å². The summed E-state index contributed by atoms with van der Waals surface area (Å²) < 4.78 is 7.30. The Hall–Kier alpha value is -2.42. The van der Waals surface area contributed by atoms with Gasteiger partial charge in [-0.25, -0.2) is 4.99 Å². The summed E-state index contributed by atoms with van der Waals surface area (Å²) in [6.45, 7) is 10.1. The van der Waals surface area contributed by atoms with E-state index in [0.717, 1.165) is 45.0 Å². The summed E-state index contributed by atoms with van der Waals surface area (Å²) in [6, 6.07) is 10.2. The molecule has 0 radical (unpaired) electrons. The number of hydrogen-bond donors (Lipinski definition) is 3. The Kier molecular flexibility index (Phi) is 8.24. The molecule has 1 saturated heterocycles. The van der Waals surface area contributed by atoms with Gasteiger partial charge in [0, 0.05) is 45.1 Å². The maximum absolute atomic E-state index is 10.8. The van der Waals surface area contributed by atoms with Crippen LogP contribution in [0.5, 0.6) is 0 Å². The summed E-state index contributed by atoms with van der Waals surface area (Å²) in [5, 5.41) is 21.7. The fourth-order valence-corrected chi connectivity index (χ4v) is 3.51. The van der Waals surface area contributed by atoms with E-state index in [1.807, 2.05) is 42.9 Å². The van der Waals surface area contributed by atoms with Gasteiger partial charge in [-0.05, 0) is 31.0 Å². The molecule has 1 unspecified atom stereocenters. The van der Waals surface area contributed by atoms with Crippen LogP contribution >= 0.6 is 0 Å². The predicted octanol–water partition coefficient (Wildman–Crippen LogP) is 1.07. The highest BCUT2D eigenvalue weighted by molar-refractivity contribution is 5.79. The van der Waals surface area contributed by atoms with Crippen molar-refractivity contribution in [1.29, 1.82) is 0 Å². The summed E-state index contributed by atoms with van der Waals surface area (Å²) >= 11 is 0. The molecule has 1 fully saturated rings. The number of morpholine rings is 1. The molecule has 2 heterocycles. The van der Waals surface area contributed by atoms with E-state index in [1.54, 1.807) is 6.20 Å². The number of aliphatic hydroxyl groups is 1. The molecule has 1 aliphatic heterocycles. The molecule has 8 nitrogen and oxygen atoms in total. The third-order valence-electron chi connectivity index (χ3n) is 5.07. The summed E-state index contributed by atoms with van der Waals surface area (Å²) in [4.78, 5) is 6.98. The second-order valence-electron chi connectivity index (χ2n) is 7.91. The molecule has 164 valence electrons. The van der Waals surface area contributed by atoms with Crippen molar-refractivity contribution in [3.63, 3.8) is 0 Å². The predicted molar refractivity (Wildman–Crippen MR) is 118 cm³/mol. The molecule has 0 spiro atoms. The quantitative estimate of drug-likeness (QED) is 0.420. The van der Waals surface area contributed by atoms with Gasteiger partial charge in [-0.3, -0.25) is 9.58 Å². The van der Waals surface area contributed by atoms with Gasteiger partial charge < -0.3 is 20.5 Å². The Balaban J connectivity index is 1.59. The Morgan fingerprint density at radius 3 is 2.67 bits per heavy atom. The molecule has 1 aromatic carbocycles. The lowest BCUT2D eigenvalue weighted by Gasteiger charge is -2.34. The third-order valence-corrected chi connectivity index (χ3v) is 5.07. The van der Waals surface area contributed by atoms with Crippen LogP contribution in [0.1, 0.15) is 25.0 Å². The van der Waals surface area contributed by atoms with E-state index in [2.05, 4.69) is 32.8 Å². The Labute approximate surface area is 178 Å². The van der Waals surface area contributed by atoms with Crippen LogP contribution in [0.25, 0.3) is 0 Å². The van der Waals surface area contributed by atoms with Crippen molar-refractivity contribution >= 4 is 5.96 Å². The molecule has 1 aromatic heterocycles. The van der Waals surface area contributed by atoms with Crippen molar-refractivity contribution in [3.8, 4) is 0 Å². The van der Waals surface area contributed by atoms with Crippen LogP contribution in [0.15, 0.2) is 47.7 Å². The van der Waals surface area contributed by atoms with Gasteiger partial charge in [-0.2, -0.15) is 5.10 Å². The van der Waals surface area contributed by atoms with E-state index in [9.17, 15) is 5.11 Å². The van der Waals surface area contributed by atoms with Gasteiger partial charge in [0.25, 0.3) is 0 Å². The second kappa shape index (κ2) is 11.1. The molecular weight excluding hydrogens is 380 g/mol. The molecule has 0 saturated carbocycles. The number of guanidine groups is 1. The van der Waals surface area contributed by atoms with Crippen molar-refractivity contribution in [2.45, 2.75) is 32.5 Å². The molecular formula is C22H34N6O2. The normalized spacial score (nSPS) is 17.5. The number of β-amino-alcohol motifs (C(OH)–C–C–N with tert-alkyl or cyclic N) is 1. The lowest BCUT2D eigenvalue weighted by atomic mass is 10.1. The second-order valence-corrected chi connectivity index (χ2v) is 7.91. The average molecular weight is 415 g/mol. The van der Waals surface area contributed by atoms with Crippen molar-refractivity contribution in [1.82, 2.24) is 25.3 Å². The highest BCUT2D eigenvalue weighted by atomic mass is 16.5. The number of nitrogens with zero attached hydrogens (tertiary/aromatic N) is 4. The number of aliphatic imine (C=N–C) groups is 1. The average Bonchev–Trinajstić information content (AvgIpc) is 3.25. The van der Waals surface area contributed by atoms with E-state index in [-0.39, 0.29) is 0 Å². The standard InChI is InChI=1S/C22H34N6O2/c1-3-23-21(25-17-22(2,29)18-27-11-13-30-14-12-27)24-15-19-7-4-5-8-20(19)16-28-10-6-9-26-28/h4-10,29H,3,11-18H2,1-2H3,(H2,23,24,25). The first-order chi connectivity index (χ1) is 14.6. The SMILES string of the molecule is CCNC(=NCc1ccccc1Cn1cccn1)NCC(C)(O)CN1CCOCC1. The molecule has 30 heavy (non-hydrogen) atoms. The van der Waals surface area contributed by atoms with Crippen LogP contribution < -0.4 is 10.6 Å². The van der Waals surface area contributed by atoms with Gasteiger partial charge >= 0.3 is 0 Å². The van der Waals surface area contributed by atoms with E-state index < -0.39 is 5.60 Å². The molecule has 2 aromatic rings. The third kappa shape index (κ3) is 7.12. The van der Waals surface area contributed by atoms with Gasteiger partial charge in [-0.15, -0.1) is 0 Å². The van der Waals surface area contributed by atoms with Crippen molar-refractivity contribution in [2.24, 2.45) is 4.99 Å². The van der Waals surface area contributed by atoms with Gasteiger partial charge in [0.2, 0.25) is 0 Å². The van der Waals surface area contributed by atoms with Crippen molar-refractivity contribution in [3.05, 3.63) is 53.9 Å². The van der Waals surface area contributed by atoms with Crippen LogP contribution in [-0.2, 0) is 17.8 Å². The number of rotatable bonds is 9. The van der Waals surface area contributed by atoms with E-state index in [1.165, 1.54) is 5.56 Å². The van der Waals surface area contributed by atoms with E-state index in [4.69, 9.17) is 9.73 Å². The number of nitrogens with one attached hydrogen (secondary N) is 2. The highest BCUT2D eigenvalue weighted by Gasteiger charge is 2.25. The fourth-order valence-electron chi connectivity index (χ4n) is 3.51. The summed E-state index contributed by atoms with van der Waals surface area (Å²) in [5.74, 6) is 0.702. The van der Waals surface area contributed by atoms with Crippen molar-refractivity contribution in [2.75, 3.05) is 45.9 Å². The molecule has 8 heteroatoms. The molecule has 0 aliphatic carbocycles. The Bertz CT molecular complexity index is 785. The minimum atomic E-state index is -0.856. The Morgan fingerprint density at radius 2 is 1.97 bits per heavy atom. The molecule has 3 N–H and O–H groups in total. The summed E-state index contributed by atoms with van der Waals surface area (Å²) in [6.07, 6.45) is 3.75. The minimum absolute atomic E-state index is 0.422. The first-order valence-corrected chi connectivity index (χ1v) is 10.6. The van der Waals surface area contributed by atoms with Crippen LogP contribution in [0.4, 0.5) is 0 Å². The number of ether oxygens (including phenoxy) is 1. The molecule has 1 atom stereocenters. The van der Waals surface area contributed by atoms with Gasteiger partial charge in [0.1, 0.15) is 0 Å². The molecule has 0 bridgehead atoms. The maximum Gasteiger partial charge on any atom is 0.191 e. The minimum Gasteiger partial charge on any atom is -0.387 e. The first-order valence-electron chi connectivity index (χ1n) is 10.6. The van der Waals surface area contributed by atoms with E-state index in [0.29, 0.717) is 25.6 Å². The van der Waals surface area contributed by atoms with Gasteiger partial charge in [-0.1, -0.05) is 24.3 Å². The maximum atomic E-state index is 10.8. The lowest BCUT2D eigenvalue weighted by molar-refractivity contribution is -0.0201. The van der Waals surface area contributed by atoms with Crippen LogP contribution in [0.2, 0.25) is 0 Å². The number of benzene rings is 1. The number of hydrogen-bond acceptors (Lipinski definition) is 5. The van der Waals surface area contributed by atoms with Crippen LogP contribution in [-0.4, -0.2) is 77.3 Å². The van der Waals surface area contributed by atoms with E-state index >= 15 is 0 Å². The zero-order valence-corrected chi connectivity index (χ0v) is 18.0. The molecule has 3 rings (SSSR count). The summed E-state index contributed by atoms with van der Waals surface area (Å²) in [5.41, 5.74) is 1.50. The zero-order chi connectivity index (χ0) is 21.2. The zero-order valence-electron chi connectivity index (χ0n) is 18.0. The smallest absolute Gasteiger partial charge is 0.191 e. The molecule has 1 aliphatic rings. The van der Waals surface area contributed by atoms with Crippen LogP contribution in [0.3, 0.4) is 0 Å². The fraction of sp³-hybridized carbons (Fsp3) is 0.545. The van der Waals surface area contributed by atoms with Gasteiger partial charge in [0.15, 0.2) is 5.96 Å². The van der Waals surface area contributed by atoms with Crippen LogP contribution in [0, 0.1) is 0 Å². The lowest BCUT2D eigenvalue weighted by Crippen LogP contribution is -2.52. The largest absolute Gasteiger partial charge is 0.387 e.